The predicted octanol–water partition coefficient (Wildman–Crippen LogP) is 1.59. The number of amides is 1. The molecule has 1 saturated carbocycles. The third kappa shape index (κ3) is 1.97. The van der Waals surface area contributed by atoms with Crippen molar-refractivity contribution < 1.29 is 4.79 Å². The van der Waals surface area contributed by atoms with Crippen LogP contribution in [0.1, 0.15) is 19.8 Å². The first-order chi connectivity index (χ1) is 8.48. The SMILES string of the molecule is CC1Sc2ccc(N)cc2N(CC2(N)CC2)C1=O. The highest BCUT2D eigenvalue weighted by molar-refractivity contribution is 8.01. The summed E-state index contributed by atoms with van der Waals surface area (Å²) in [6.45, 7) is 2.54. The molecule has 5 heteroatoms. The lowest BCUT2D eigenvalue weighted by Gasteiger charge is -2.34. The number of benzene rings is 1. The van der Waals surface area contributed by atoms with Crippen LogP contribution in [0.15, 0.2) is 23.1 Å². The third-order valence-electron chi connectivity index (χ3n) is 3.56. The molecule has 4 N–H and O–H groups in total. The summed E-state index contributed by atoms with van der Waals surface area (Å²) in [5, 5.41) is -0.0523. The Kier molecular flexibility index (Phi) is 2.57. The molecule has 1 aromatic rings. The minimum absolute atomic E-state index is 0.0523. The topological polar surface area (TPSA) is 72.3 Å². The van der Waals surface area contributed by atoms with Crippen LogP contribution in [0.25, 0.3) is 0 Å². The molecule has 1 amide bonds. The minimum Gasteiger partial charge on any atom is -0.399 e. The van der Waals surface area contributed by atoms with Crippen molar-refractivity contribution in [3.8, 4) is 0 Å². The van der Waals surface area contributed by atoms with Crippen molar-refractivity contribution in [2.45, 2.75) is 35.4 Å². The molecule has 1 aromatic carbocycles. The van der Waals surface area contributed by atoms with Crippen molar-refractivity contribution in [1.82, 2.24) is 0 Å². The largest absolute Gasteiger partial charge is 0.399 e. The maximum Gasteiger partial charge on any atom is 0.240 e. The Bertz CT molecular complexity index is 513. The van der Waals surface area contributed by atoms with Crippen LogP contribution in [0.4, 0.5) is 11.4 Å². The number of hydrogen-bond donors (Lipinski definition) is 2. The van der Waals surface area contributed by atoms with Gasteiger partial charge in [0.2, 0.25) is 5.91 Å². The van der Waals surface area contributed by atoms with Gasteiger partial charge in [0.1, 0.15) is 0 Å². The first-order valence-electron chi connectivity index (χ1n) is 6.15. The molecule has 96 valence electrons. The maximum atomic E-state index is 12.3. The number of rotatable bonds is 2. The lowest BCUT2D eigenvalue weighted by atomic mass is 10.2. The van der Waals surface area contributed by atoms with Crippen LogP contribution < -0.4 is 16.4 Å². The van der Waals surface area contributed by atoms with E-state index in [1.807, 2.05) is 30.0 Å². The lowest BCUT2D eigenvalue weighted by molar-refractivity contribution is -0.118. The number of nitrogens with zero attached hydrogens (tertiary/aromatic N) is 1. The van der Waals surface area contributed by atoms with E-state index in [0.717, 1.165) is 23.4 Å². The first kappa shape index (κ1) is 11.9. The monoisotopic (exact) mass is 263 g/mol. The number of carbonyl (C=O) groups excluding carboxylic acids is 1. The molecule has 2 aliphatic rings. The van der Waals surface area contributed by atoms with E-state index < -0.39 is 0 Å². The normalized spacial score (nSPS) is 24.9. The standard InChI is InChI=1S/C13H17N3OS/c1-8-12(17)16(7-13(15)4-5-13)10-6-9(14)2-3-11(10)18-8/h2-3,6,8H,4-5,7,14-15H2,1H3. The van der Waals surface area contributed by atoms with Gasteiger partial charge in [-0.3, -0.25) is 4.79 Å². The second kappa shape index (κ2) is 3.90. The Balaban J connectivity index is 2.00. The zero-order valence-electron chi connectivity index (χ0n) is 10.3. The number of hydrogen-bond acceptors (Lipinski definition) is 4. The molecule has 4 nitrogen and oxygen atoms in total. The summed E-state index contributed by atoms with van der Waals surface area (Å²) in [6, 6.07) is 5.74. The second-order valence-electron chi connectivity index (χ2n) is 5.27. The van der Waals surface area contributed by atoms with Crippen LogP contribution in [-0.4, -0.2) is 23.2 Å². The van der Waals surface area contributed by atoms with Gasteiger partial charge in [-0.2, -0.15) is 0 Å². The Labute approximate surface area is 111 Å². The Hall–Kier alpha value is -1.20. The van der Waals surface area contributed by atoms with Crippen molar-refractivity contribution in [2.75, 3.05) is 17.2 Å². The van der Waals surface area contributed by atoms with Crippen molar-refractivity contribution in [2.24, 2.45) is 5.73 Å². The molecule has 0 radical (unpaired) electrons. The molecule has 1 fully saturated rings. The highest BCUT2D eigenvalue weighted by Gasteiger charge is 2.43. The van der Waals surface area contributed by atoms with Crippen LogP contribution in [0.3, 0.4) is 0 Å². The van der Waals surface area contributed by atoms with E-state index in [-0.39, 0.29) is 16.7 Å². The number of carbonyl (C=O) groups is 1. The van der Waals surface area contributed by atoms with Crippen molar-refractivity contribution in [3.05, 3.63) is 18.2 Å². The third-order valence-corrected chi connectivity index (χ3v) is 4.71. The molecule has 3 rings (SSSR count). The number of thioether (sulfide) groups is 1. The molecule has 18 heavy (non-hydrogen) atoms. The first-order valence-corrected chi connectivity index (χ1v) is 7.03. The molecule has 0 spiro atoms. The van der Waals surface area contributed by atoms with Gasteiger partial charge in [0.15, 0.2) is 0 Å². The van der Waals surface area contributed by atoms with Crippen LogP contribution in [0.5, 0.6) is 0 Å². The van der Waals surface area contributed by atoms with Crippen LogP contribution in [0.2, 0.25) is 0 Å². The van der Waals surface area contributed by atoms with Crippen LogP contribution in [-0.2, 0) is 4.79 Å². The zero-order chi connectivity index (χ0) is 12.9. The van der Waals surface area contributed by atoms with Gasteiger partial charge in [-0.25, -0.2) is 0 Å². The molecule has 0 saturated heterocycles. The van der Waals surface area contributed by atoms with Gasteiger partial charge >= 0.3 is 0 Å². The number of nitrogen functional groups attached to an aromatic ring is 1. The maximum absolute atomic E-state index is 12.3. The summed E-state index contributed by atoms with van der Waals surface area (Å²) in [5.74, 6) is 0.134. The van der Waals surface area contributed by atoms with Crippen molar-refractivity contribution >= 4 is 29.0 Å². The van der Waals surface area contributed by atoms with E-state index in [1.165, 1.54) is 0 Å². The summed E-state index contributed by atoms with van der Waals surface area (Å²) in [5.41, 5.74) is 13.4. The Morgan fingerprint density at radius 3 is 2.89 bits per heavy atom. The van der Waals surface area contributed by atoms with Gasteiger partial charge in [-0.1, -0.05) is 0 Å². The number of nitrogens with two attached hydrogens (primary N) is 2. The van der Waals surface area contributed by atoms with E-state index in [0.29, 0.717) is 12.2 Å². The summed E-state index contributed by atoms with van der Waals surface area (Å²) >= 11 is 1.59. The van der Waals surface area contributed by atoms with Gasteiger partial charge in [-0.05, 0) is 38.0 Å². The summed E-state index contributed by atoms with van der Waals surface area (Å²) < 4.78 is 0. The highest BCUT2D eigenvalue weighted by atomic mass is 32.2. The zero-order valence-corrected chi connectivity index (χ0v) is 11.2. The molecule has 1 aliphatic heterocycles. The Morgan fingerprint density at radius 2 is 2.22 bits per heavy atom. The van der Waals surface area contributed by atoms with Crippen molar-refractivity contribution in [3.63, 3.8) is 0 Å². The molecule has 0 aromatic heterocycles. The van der Waals surface area contributed by atoms with E-state index in [9.17, 15) is 4.79 Å². The summed E-state index contributed by atoms with van der Waals surface area (Å²) in [7, 11) is 0. The fourth-order valence-corrected chi connectivity index (χ4v) is 3.27. The van der Waals surface area contributed by atoms with E-state index >= 15 is 0 Å². The number of anilines is 2. The average Bonchev–Trinajstić information content (AvgIpc) is 3.04. The average molecular weight is 263 g/mol. The van der Waals surface area contributed by atoms with Crippen LogP contribution in [0, 0.1) is 0 Å². The molecular weight excluding hydrogens is 246 g/mol. The molecule has 1 aliphatic carbocycles. The van der Waals surface area contributed by atoms with E-state index in [1.54, 1.807) is 11.8 Å². The van der Waals surface area contributed by atoms with Gasteiger partial charge in [-0.15, -0.1) is 11.8 Å². The molecule has 0 bridgehead atoms. The van der Waals surface area contributed by atoms with Crippen LogP contribution >= 0.6 is 11.8 Å². The number of fused-ring (bicyclic) bond motifs is 1. The fraction of sp³-hybridized carbons (Fsp3) is 0.462. The smallest absolute Gasteiger partial charge is 0.240 e. The van der Waals surface area contributed by atoms with Crippen molar-refractivity contribution in [1.29, 1.82) is 0 Å². The minimum atomic E-state index is -0.181. The quantitative estimate of drug-likeness (QED) is 0.795. The molecular formula is C13H17N3OS. The molecule has 1 heterocycles. The summed E-state index contributed by atoms with van der Waals surface area (Å²) in [4.78, 5) is 15.2. The predicted molar refractivity (Wildman–Crippen MR) is 74.7 cm³/mol. The van der Waals surface area contributed by atoms with Gasteiger partial charge in [0.05, 0.1) is 10.9 Å². The second-order valence-corrected chi connectivity index (χ2v) is 6.66. The molecule has 1 atom stereocenters. The Morgan fingerprint density at radius 1 is 1.50 bits per heavy atom. The van der Waals surface area contributed by atoms with Gasteiger partial charge in [0.25, 0.3) is 0 Å². The van der Waals surface area contributed by atoms with E-state index in [4.69, 9.17) is 11.5 Å². The van der Waals surface area contributed by atoms with E-state index in [2.05, 4.69) is 0 Å². The fourth-order valence-electron chi connectivity index (χ4n) is 2.22. The van der Waals surface area contributed by atoms with Gasteiger partial charge < -0.3 is 16.4 Å². The highest BCUT2D eigenvalue weighted by Crippen LogP contribution is 2.43. The summed E-state index contributed by atoms with van der Waals surface area (Å²) in [6.07, 6.45) is 1.99. The lowest BCUT2D eigenvalue weighted by Crippen LogP contribution is -2.47. The molecule has 1 unspecified atom stereocenters. The van der Waals surface area contributed by atoms with Gasteiger partial charge in [0, 0.05) is 22.7 Å².